The molecule has 0 aliphatic heterocycles. The topological polar surface area (TPSA) is 0 Å². The van der Waals surface area contributed by atoms with Crippen molar-refractivity contribution in [2.45, 2.75) is 84.0 Å². The molecule has 0 saturated heterocycles. The van der Waals surface area contributed by atoms with Gasteiger partial charge in [0.2, 0.25) is 0 Å². The van der Waals surface area contributed by atoms with Gasteiger partial charge in [0, 0.05) is 16.2 Å². The van der Waals surface area contributed by atoms with E-state index in [9.17, 15) is 0 Å². The van der Waals surface area contributed by atoms with Gasteiger partial charge in [0.1, 0.15) is 0 Å². The van der Waals surface area contributed by atoms with E-state index in [2.05, 4.69) is 134 Å². The lowest BCUT2D eigenvalue weighted by molar-refractivity contribution is 0.638. The van der Waals surface area contributed by atoms with Gasteiger partial charge in [-0.15, -0.1) is 0 Å². The fourth-order valence-corrected chi connectivity index (χ4v) is 9.57. The van der Waals surface area contributed by atoms with Gasteiger partial charge < -0.3 is 0 Å². The minimum atomic E-state index is -0.145. The molecule has 0 radical (unpaired) electrons. The van der Waals surface area contributed by atoms with Crippen LogP contribution >= 0.6 is 0 Å². The monoisotopic (exact) mass is 532 g/mol. The van der Waals surface area contributed by atoms with Crippen LogP contribution in [0.4, 0.5) is 0 Å². The first kappa shape index (κ1) is 25.1. The minimum Gasteiger partial charge on any atom is -0.0715 e. The van der Waals surface area contributed by atoms with Crippen molar-refractivity contribution in [2.24, 2.45) is 0 Å². The predicted octanol–water partition coefficient (Wildman–Crippen LogP) is 11.0. The number of benzene rings is 4. The number of fused-ring (bicyclic) bond motifs is 12. The van der Waals surface area contributed by atoms with Crippen LogP contribution in [0, 0.1) is 0 Å². The maximum absolute atomic E-state index is 2.60. The largest absolute Gasteiger partial charge is 0.0715 e. The van der Waals surface area contributed by atoms with Crippen molar-refractivity contribution in [1.82, 2.24) is 0 Å². The van der Waals surface area contributed by atoms with Crippen molar-refractivity contribution in [3.05, 3.63) is 129 Å². The van der Waals surface area contributed by atoms with Gasteiger partial charge in [0.05, 0.1) is 0 Å². The van der Waals surface area contributed by atoms with Crippen LogP contribution in [0.25, 0.3) is 33.0 Å². The Morgan fingerprint density at radius 3 is 2.07 bits per heavy atom. The summed E-state index contributed by atoms with van der Waals surface area (Å²) in [6, 6.07) is 26.0. The molecule has 4 aromatic carbocycles. The average molecular weight is 533 g/mol. The fraction of sp³-hybridized carbons (Fsp3) is 0.317. The number of hydrogen-bond acceptors (Lipinski definition) is 0. The van der Waals surface area contributed by atoms with Gasteiger partial charge in [-0.05, 0) is 104 Å². The molecule has 1 unspecified atom stereocenters. The van der Waals surface area contributed by atoms with Crippen LogP contribution in [0.15, 0.2) is 90.0 Å². The van der Waals surface area contributed by atoms with Crippen LogP contribution in [0.3, 0.4) is 0 Å². The van der Waals surface area contributed by atoms with E-state index in [4.69, 9.17) is 0 Å². The van der Waals surface area contributed by atoms with Gasteiger partial charge in [0.25, 0.3) is 0 Å². The minimum absolute atomic E-state index is 0.0189. The van der Waals surface area contributed by atoms with Crippen LogP contribution in [0.2, 0.25) is 0 Å². The summed E-state index contributed by atoms with van der Waals surface area (Å²) in [5, 5.41) is 2.85. The van der Waals surface area contributed by atoms with Gasteiger partial charge in [0.15, 0.2) is 0 Å². The molecule has 0 heterocycles. The Morgan fingerprint density at radius 1 is 0.659 bits per heavy atom. The Kier molecular flexibility index (Phi) is 4.77. The molecule has 0 saturated carbocycles. The Hall–Kier alpha value is -3.64. The maximum Gasteiger partial charge on any atom is 0.0443 e. The first-order chi connectivity index (χ1) is 19.5. The molecule has 4 aliphatic carbocycles. The number of allylic oxidation sites excluding steroid dienone is 6. The molecule has 0 aromatic heterocycles. The SMILES string of the molecule is CC1=CC2(CC(C)=C1)c1ccc3c(c1-c1cc(C(C)C)c4ccccc4c12)C(C)(C)C1=C3C(C)(C)c2ccccc21. The highest BCUT2D eigenvalue weighted by molar-refractivity contribution is 6.13. The summed E-state index contributed by atoms with van der Waals surface area (Å²) < 4.78 is 0. The summed E-state index contributed by atoms with van der Waals surface area (Å²) in [5.41, 5.74) is 19.1. The predicted molar refractivity (Wildman–Crippen MR) is 176 cm³/mol. The highest BCUT2D eigenvalue weighted by Crippen LogP contribution is 2.67. The molecular formula is C41H40. The maximum atomic E-state index is 2.60. The van der Waals surface area contributed by atoms with Crippen molar-refractivity contribution < 1.29 is 0 Å². The molecule has 0 nitrogen and oxygen atoms in total. The summed E-state index contributed by atoms with van der Waals surface area (Å²) in [6.45, 7) is 19.2. The van der Waals surface area contributed by atoms with E-state index in [0.717, 1.165) is 6.42 Å². The van der Waals surface area contributed by atoms with Crippen molar-refractivity contribution in [3.8, 4) is 11.1 Å². The standard InChI is InChI=1S/C41H40/c1-23(2)30-20-31-34-33(41(21-24(3)19-25(4)22-41)35(31)27-14-10-9-13-26(27)30)18-17-29-36(34)40(7,8)37-28-15-11-12-16-32(28)39(5,6)38(29)37/h9-21,23H,22H2,1-8H3. The molecule has 41 heavy (non-hydrogen) atoms. The summed E-state index contributed by atoms with van der Waals surface area (Å²) in [7, 11) is 0. The van der Waals surface area contributed by atoms with Crippen molar-refractivity contribution in [3.63, 3.8) is 0 Å². The summed E-state index contributed by atoms with van der Waals surface area (Å²) in [6.07, 6.45) is 6.03. The zero-order valence-corrected chi connectivity index (χ0v) is 25.8. The highest BCUT2D eigenvalue weighted by atomic mass is 14.6. The second-order valence-corrected chi connectivity index (χ2v) is 14.6. The Bertz CT molecular complexity index is 1950. The molecule has 0 amide bonds. The van der Waals surface area contributed by atoms with Crippen LogP contribution in [-0.4, -0.2) is 0 Å². The lowest BCUT2D eigenvalue weighted by Gasteiger charge is -2.35. The quantitative estimate of drug-likeness (QED) is 0.229. The average Bonchev–Trinajstić information content (AvgIpc) is 3.43. The van der Waals surface area contributed by atoms with E-state index in [1.165, 1.54) is 66.4 Å². The van der Waals surface area contributed by atoms with Gasteiger partial charge in [-0.25, -0.2) is 0 Å². The molecule has 0 fully saturated rings. The van der Waals surface area contributed by atoms with E-state index in [1.54, 1.807) is 16.7 Å². The molecule has 0 bridgehead atoms. The molecular weight excluding hydrogens is 492 g/mol. The lowest BCUT2D eigenvalue weighted by atomic mass is 9.68. The molecule has 0 heteroatoms. The molecule has 204 valence electrons. The van der Waals surface area contributed by atoms with Crippen molar-refractivity contribution in [1.29, 1.82) is 0 Å². The second-order valence-electron chi connectivity index (χ2n) is 14.6. The fourth-order valence-electron chi connectivity index (χ4n) is 9.57. The lowest BCUT2D eigenvalue weighted by Crippen LogP contribution is -2.26. The van der Waals surface area contributed by atoms with Crippen LogP contribution in [0.1, 0.15) is 107 Å². The third-order valence-corrected chi connectivity index (χ3v) is 10.9. The van der Waals surface area contributed by atoms with Crippen molar-refractivity contribution in [2.75, 3.05) is 0 Å². The molecule has 1 atom stereocenters. The summed E-state index contributed by atoms with van der Waals surface area (Å²) >= 11 is 0. The highest BCUT2D eigenvalue weighted by Gasteiger charge is 2.54. The van der Waals surface area contributed by atoms with E-state index < -0.39 is 0 Å². The van der Waals surface area contributed by atoms with Crippen molar-refractivity contribution >= 4 is 21.9 Å². The van der Waals surface area contributed by atoms with Gasteiger partial charge in [-0.1, -0.05) is 126 Å². The van der Waals surface area contributed by atoms with Crippen LogP contribution in [-0.2, 0) is 16.2 Å². The summed E-state index contributed by atoms with van der Waals surface area (Å²) in [4.78, 5) is 0. The normalized spacial score (nSPS) is 22.5. The smallest absolute Gasteiger partial charge is 0.0443 e. The van der Waals surface area contributed by atoms with Gasteiger partial charge in [-0.2, -0.15) is 0 Å². The zero-order valence-electron chi connectivity index (χ0n) is 25.8. The molecule has 1 spiro atoms. The van der Waals surface area contributed by atoms with Gasteiger partial charge in [-0.3, -0.25) is 0 Å². The number of rotatable bonds is 1. The first-order valence-electron chi connectivity index (χ1n) is 15.4. The van der Waals surface area contributed by atoms with E-state index >= 15 is 0 Å². The Labute approximate surface area is 245 Å². The third kappa shape index (κ3) is 2.91. The zero-order chi connectivity index (χ0) is 28.6. The first-order valence-corrected chi connectivity index (χ1v) is 15.4. The molecule has 4 aliphatic rings. The molecule has 8 rings (SSSR count). The second kappa shape index (κ2) is 7.80. The third-order valence-electron chi connectivity index (χ3n) is 10.9. The van der Waals surface area contributed by atoms with Gasteiger partial charge >= 0.3 is 0 Å². The Morgan fingerprint density at radius 2 is 1.34 bits per heavy atom. The summed E-state index contributed by atoms with van der Waals surface area (Å²) in [5.74, 6) is 0.453. The van der Waals surface area contributed by atoms with Crippen LogP contribution in [0.5, 0.6) is 0 Å². The molecule has 4 aromatic rings. The van der Waals surface area contributed by atoms with E-state index in [0.29, 0.717) is 5.92 Å². The van der Waals surface area contributed by atoms with E-state index in [-0.39, 0.29) is 16.2 Å². The van der Waals surface area contributed by atoms with E-state index in [1.807, 2.05) is 0 Å². The molecule has 0 N–H and O–H groups in total. The number of hydrogen-bond donors (Lipinski definition) is 0. The van der Waals surface area contributed by atoms with Crippen LogP contribution < -0.4 is 0 Å². The Balaban J connectivity index is 1.53.